The van der Waals surface area contributed by atoms with E-state index in [0.29, 0.717) is 6.54 Å². The summed E-state index contributed by atoms with van der Waals surface area (Å²) in [5.41, 5.74) is 9.53. The van der Waals surface area contributed by atoms with Crippen LogP contribution in [0.3, 0.4) is 0 Å². The molecule has 142 valence electrons. The lowest BCUT2D eigenvalue weighted by Crippen LogP contribution is -2.28. The molecule has 0 aliphatic heterocycles. The molecule has 0 spiro atoms. The van der Waals surface area contributed by atoms with E-state index in [1.165, 1.54) is 29.5 Å². The number of halogens is 1. The van der Waals surface area contributed by atoms with Gasteiger partial charge in [0.25, 0.3) is 0 Å². The van der Waals surface area contributed by atoms with Crippen molar-refractivity contribution in [3.63, 3.8) is 0 Å². The van der Waals surface area contributed by atoms with Crippen LogP contribution in [0, 0.1) is 5.92 Å². The number of hydrogen-bond acceptors (Lipinski definition) is 3. The van der Waals surface area contributed by atoms with Crippen LogP contribution in [0.15, 0.2) is 46.9 Å². The van der Waals surface area contributed by atoms with E-state index in [2.05, 4.69) is 71.1 Å². The molecule has 0 aliphatic rings. The van der Waals surface area contributed by atoms with Crippen LogP contribution in [0.2, 0.25) is 0 Å². The molecule has 0 fully saturated rings. The summed E-state index contributed by atoms with van der Waals surface area (Å²) < 4.78 is 6.36. The Morgan fingerprint density at radius 3 is 2.08 bits per heavy atom. The van der Waals surface area contributed by atoms with Crippen molar-refractivity contribution in [3.8, 4) is 5.75 Å². The molecule has 2 aromatic carbocycles. The van der Waals surface area contributed by atoms with Crippen LogP contribution < -0.4 is 10.5 Å². The summed E-state index contributed by atoms with van der Waals surface area (Å²) in [7, 11) is 1.70. The maximum atomic E-state index is 5.72. The first kappa shape index (κ1) is 20.9. The Bertz CT molecular complexity index is 668. The van der Waals surface area contributed by atoms with Crippen molar-refractivity contribution in [1.29, 1.82) is 0 Å². The zero-order valence-corrected chi connectivity index (χ0v) is 17.8. The topological polar surface area (TPSA) is 38.5 Å². The van der Waals surface area contributed by atoms with Gasteiger partial charge in [-0.2, -0.15) is 0 Å². The quantitative estimate of drug-likeness (QED) is 0.564. The molecule has 26 heavy (non-hydrogen) atoms. The number of benzene rings is 2. The normalized spacial score (nSPS) is 11.3. The number of rotatable bonds is 10. The maximum Gasteiger partial charge on any atom is 0.133 e. The standard InChI is InChI=1S/C22H31BrN2O/c1-4-17(5-2)14-25(15-19-8-6-18(13-24)7-9-19)16-20-10-11-22(26-3)21(23)12-20/h6-12,17H,4-5,13-16,24H2,1-3H3. The minimum absolute atomic E-state index is 0.595. The third kappa shape index (κ3) is 6.11. The summed E-state index contributed by atoms with van der Waals surface area (Å²) >= 11 is 3.60. The molecular formula is C22H31BrN2O. The molecular weight excluding hydrogens is 388 g/mol. The van der Waals surface area contributed by atoms with Crippen molar-refractivity contribution in [2.75, 3.05) is 13.7 Å². The van der Waals surface area contributed by atoms with Gasteiger partial charge in [-0.3, -0.25) is 4.90 Å². The van der Waals surface area contributed by atoms with E-state index in [0.717, 1.165) is 35.8 Å². The molecule has 0 unspecified atom stereocenters. The Morgan fingerprint density at radius 2 is 1.54 bits per heavy atom. The van der Waals surface area contributed by atoms with Crippen LogP contribution in [0.5, 0.6) is 5.75 Å². The summed E-state index contributed by atoms with van der Waals surface area (Å²) in [4.78, 5) is 2.55. The molecule has 0 aromatic heterocycles. The highest BCUT2D eigenvalue weighted by atomic mass is 79.9. The van der Waals surface area contributed by atoms with Gasteiger partial charge in [-0.15, -0.1) is 0 Å². The Labute approximate surface area is 166 Å². The Kier molecular flexibility index (Phi) is 8.63. The van der Waals surface area contributed by atoms with Gasteiger partial charge in [0.1, 0.15) is 5.75 Å². The Morgan fingerprint density at radius 1 is 0.962 bits per heavy atom. The Hall–Kier alpha value is -1.36. The van der Waals surface area contributed by atoms with Gasteiger partial charge < -0.3 is 10.5 Å². The molecule has 0 aliphatic carbocycles. The first-order valence-corrected chi connectivity index (χ1v) is 10.2. The van der Waals surface area contributed by atoms with Gasteiger partial charge in [0.05, 0.1) is 11.6 Å². The van der Waals surface area contributed by atoms with E-state index >= 15 is 0 Å². The molecule has 0 amide bonds. The van der Waals surface area contributed by atoms with Gasteiger partial charge in [-0.25, -0.2) is 0 Å². The molecule has 3 nitrogen and oxygen atoms in total. The van der Waals surface area contributed by atoms with Crippen molar-refractivity contribution in [2.24, 2.45) is 11.7 Å². The number of methoxy groups -OCH3 is 1. The molecule has 0 heterocycles. The highest BCUT2D eigenvalue weighted by Gasteiger charge is 2.14. The lowest BCUT2D eigenvalue weighted by atomic mass is 10.0. The third-order valence-electron chi connectivity index (χ3n) is 4.96. The predicted molar refractivity (Wildman–Crippen MR) is 113 cm³/mol. The third-order valence-corrected chi connectivity index (χ3v) is 5.58. The second-order valence-corrected chi connectivity index (χ2v) is 7.70. The lowest BCUT2D eigenvalue weighted by Gasteiger charge is -2.27. The van der Waals surface area contributed by atoms with Gasteiger partial charge in [-0.1, -0.05) is 57.0 Å². The summed E-state index contributed by atoms with van der Waals surface area (Å²) in [6.45, 7) is 8.15. The lowest BCUT2D eigenvalue weighted by molar-refractivity contribution is 0.208. The van der Waals surface area contributed by atoms with Crippen molar-refractivity contribution in [3.05, 3.63) is 63.6 Å². The maximum absolute atomic E-state index is 5.72. The molecule has 2 rings (SSSR count). The molecule has 0 saturated heterocycles. The number of ether oxygens (including phenoxy) is 1. The van der Waals surface area contributed by atoms with Gasteiger partial charge in [0.15, 0.2) is 0 Å². The van der Waals surface area contributed by atoms with Crippen LogP contribution >= 0.6 is 15.9 Å². The van der Waals surface area contributed by atoms with E-state index in [-0.39, 0.29) is 0 Å². The van der Waals surface area contributed by atoms with E-state index in [1.54, 1.807) is 7.11 Å². The number of nitrogens with two attached hydrogens (primary N) is 1. The minimum atomic E-state index is 0.595. The van der Waals surface area contributed by atoms with E-state index in [4.69, 9.17) is 10.5 Å². The van der Waals surface area contributed by atoms with Crippen LogP contribution in [-0.4, -0.2) is 18.6 Å². The summed E-state index contributed by atoms with van der Waals surface area (Å²) in [6.07, 6.45) is 2.43. The fourth-order valence-corrected chi connectivity index (χ4v) is 3.79. The zero-order valence-electron chi connectivity index (χ0n) is 16.2. The SMILES string of the molecule is CCC(CC)CN(Cc1ccc(CN)cc1)Cc1ccc(OC)c(Br)c1. The predicted octanol–water partition coefficient (Wildman–Crippen LogP) is 5.35. The average molecular weight is 419 g/mol. The molecule has 2 N–H and O–H groups in total. The average Bonchev–Trinajstić information content (AvgIpc) is 2.66. The molecule has 0 saturated carbocycles. The second-order valence-electron chi connectivity index (χ2n) is 6.84. The van der Waals surface area contributed by atoms with E-state index < -0.39 is 0 Å². The van der Waals surface area contributed by atoms with Crippen LogP contribution in [0.4, 0.5) is 0 Å². The highest BCUT2D eigenvalue weighted by Crippen LogP contribution is 2.26. The van der Waals surface area contributed by atoms with Gasteiger partial charge in [0.2, 0.25) is 0 Å². The smallest absolute Gasteiger partial charge is 0.133 e. The Balaban J connectivity index is 2.15. The summed E-state index contributed by atoms with van der Waals surface area (Å²) in [5, 5.41) is 0. The van der Waals surface area contributed by atoms with Crippen molar-refractivity contribution < 1.29 is 4.74 Å². The molecule has 0 atom stereocenters. The van der Waals surface area contributed by atoms with E-state index in [9.17, 15) is 0 Å². The molecule has 2 aromatic rings. The first-order valence-electron chi connectivity index (χ1n) is 9.42. The van der Waals surface area contributed by atoms with Gasteiger partial charge in [-0.05, 0) is 50.7 Å². The molecule has 4 heteroatoms. The van der Waals surface area contributed by atoms with Gasteiger partial charge >= 0.3 is 0 Å². The van der Waals surface area contributed by atoms with Crippen molar-refractivity contribution in [2.45, 2.75) is 46.3 Å². The highest BCUT2D eigenvalue weighted by molar-refractivity contribution is 9.10. The second kappa shape index (κ2) is 10.7. The number of nitrogens with zero attached hydrogens (tertiary/aromatic N) is 1. The number of hydrogen-bond donors (Lipinski definition) is 1. The molecule has 0 bridgehead atoms. The van der Waals surface area contributed by atoms with Crippen LogP contribution in [0.1, 0.15) is 43.4 Å². The fraction of sp³-hybridized carbons (Fsp3) is 0.455. The van der Waals surface area contributed by atoms with Crippen molar-refractivity contribution in [1.82, 2.24) is 4.90 Å². The van der Waals surface area contributed by atoms with Crippen LogP contribution in [0.25, 0.3) is 0 Å². The largest absolute Gasteiger partial charge is 0.496 e. The molecule has 0 radical (unpaired) electrons. The monoisotopic (exact) mass is 418 g/mol. The summed E-state index contributed by atoms with van der Waals surface area (Å²) in [6, 6.07) is 15.0. The van der Waals surface area contributed by atoms with Crippen molar-refractivity contribution >= 4 is 15.9 Å². The fourth-order valence-electron chi connectivity index (χ4n) is 3.20. The minimum Gasteiger partial charge on any atom is -0.496 e. The zero-order chi connectivity index (χ0) is 18.9. The summed E-state index contributed by atoms with van der Waals surface area (Å²) in [5.74, 6) is 1.60. The van der Waals surface area contributed by atoms with Gasteiger partial charge in [0, 0.05) is 26.2 Å². The van der Waals surface area contributed by atoms with E-state index in [1.807, 2.05) is 6.07 Å². The first-order chi connectivity index (χ1) is 12.6. The van der Waals surface area contributed by atoms with Crippen LogP contribution in [-0.2, 0) is 19.6 Å².